The summed E-state index contributed by atoms with van der Waals surface area (Å²) in [5.41, 5.74) is 1.06. The maximum atomic E-state index is 11.0. The van der Waals surface area contributed by atoms with Gasteiger partial charge < -0.3 is 5.11 Å². The van der Waals surface area contributed by atoms with Gasteiger partial charge in [-0.05, 0) is 30.3 Å². The van der Waals surface area contributed by atoms with E-state index >= 15 is 0 Å². The van der Waals surface area contributed by atoms with Crippen LogP contribution in [-0.4, -0.2) is 21.0 Å². The van der Waals surface area contributed by atoms with Gasteiger partial charge in [0, 0.05) is 17.3 Å². The monoisotopic (exact) mass is 266 g/mol. The molecule has 0 radical (unpaired) electrons. The number of thiazole rings is 1. The molecule has 88 valence electrons. The Morgan fingerprint density at radius 2 is 2.35 bits per heavy atom. The van der Waals surface area contributed by atoms with Gasteiger partial charge in [-0.1, -0.05) is 6.92 Å². The lowest BCUT2D eigenvalue weighted by atomic mass is 10.2. The first-order valence-electron chi connectivity index (χ1n) is 5.00. The summed E-state index contributed by atoms with van der Waals surface area (Å²) in [7, 11) is 0. The van der Waals surface area contributed by atoms with E-state index in [9.17, 15) is 4.79 Å². The second-order valence-electron chi connectivity index (χ2n) is 3.24. The van der Waals surface area contributed by atoms with Crippen molar-refractivity contribution in [3.05, 3.63) is 35.0 Å². The van der Waals surface area contributed by atoms with Gasteiger partial charge in [-0.3, -0.25) is 0 Å². The highest BCUT2D eigenvalue weighted by Crippen LogP contribution is 2.28. The molecule has 0 aromatic carbocycles. The molecule has 2 aromatic rings. The van der Waals surface area contributed by atoms with Crippen LogP contribution < -0.4 is 0 Å². The molecule has 0 atom stereocenters. The lowest BCUT2D eigenvalue weighted by Gasteiger charge is -2.03. The van der Waals surface area contributed by atoms with Crippen molar-refractivity contribution in [1.82, 2.24) is 9.97 Å². The fourth-order valence-corrected chi connectivity index (χ4v) is 2.88. The van der Waals surface area contributed by atoms with Crippen molar-refractivity contribution in [2.75, 3.05) is 0 Å². The minimum absolute atomic E-state index is 0.274. The molecule has 0 saturated heterocycles. The van der Waals surface area contributed by atoms with Gasteiger partial charge in [0.15, 0.2) is 4.34 Å². The van der Waals surface area contributed by atoms with Crippen LogP contribution in [0.5, 0.6) is 0 Å². The first-order chi connectivity index (χ1) is 8.19. The first kappa shape index (κ1) is 12.1. The van der Waals surface area contributed by atoms with Crippen molar-refractivity contribution in [1.29, 1.82) is 0 Å². The number of nitrogens with zero attached hydrogens (tertiary/aromatic N) is 2. The third-order valence-corrected chi connectivity index (χ3v) is 3.87. The molecule has 0 unspecified atom stereocenters. The summed E-state index contributed by atoms with van der Waals surface area (Å²) in [6, 6.07) is 3.18. The van der Waals surface area contributed by atoms with Crippen LogP contribution in [0.1, 0.15) is 23.0 Å². The lowest BCUT2D eigenvalue weighted by Crippen LogP contribution is -2.00. The number of carbonyl (C=O) groups is 1. The Balaban J connectivity index is 2.33. The van der Waals surface area contributed by atoms with E-state index in [1.807, 2.05) is 12.3 Å². The van der Waals surface area contributed by atoms with Gasteiger partial charge in [0.1, 0.15) is 5.03 Å². The number of aromatic nitrogens is 2. The van der Waals surface area contributed by atoms with Crippen molar-refractivity contribution in [2.24, 2.45) is 0 Å². The Morgan fingerprint density at radius 3 is 2.94 bits per heavy atom. The molecule has 0 aliphatic carbocycles. The lowest BCUT2D eigenvalue weighted by molar-refractivity contribution is 0.0696. The van der Waals surface area contributed by atoms with Gasteiger partial charge in [0.25, 0.3) is 0 Å². The topological polar surface area (TPSA) is 63.1 Å². The van der Waals surface area contributed by atoms with Gasteiger partial charge >= 0.3 is 5.97 Å². The SMILES string of the molecule is CCc1cc(C(=O)O)cc(Sc2nccs2)n1. The first-order valence-corrected chi connectivity index (χ1v) is 6.70. The van der Waals surface area contributed by atoms with Crippen LogP contribution in [0.25, 0.3) is 0 Å². The highest BCUT2D eigenvalue weighted by atomic mass is 32.2. The summed E-state index contributed by atoms with van der Waals surface area (Å²) in [4.78, 5) is 19.5. The van der Waals surface area contributed by atoms with E-state index in [2.05, 4.69) is 9.97 Å². The normalized spacial score (nSPS) is 10.4. The van der Waals surface area contributed by atoms with Crippen molar-refractivity contribution in [3.8, 4) is 0 Å². The number of carboxylic acid groups (broad SMARTS) is 1. The van der Waals surface area contributed by atoms with Crippen LogP contribution in [0.15, 0.2) is 33.1 Å². The number of carboxylic acids is 1. The quantitative estimate of drug-likeness (QED) is 0.921. The van der Waals surface area contributed by atoms with E-state index in [1.165, 1.54) is 23.1 Å². The number of aryl methyl sites for hydroxylation is 1. The molecule has 0 saturated carbocycles. The molecule has 2 aromatic heterocycles. The number of rotatable bonds is 4. The zero-order chi connectivity index (χ0) is 12.3. The summed E-state index contributed by atoms with van der Waals surface area (Å²) in [6.07, 6.45) is 2.43. The standard InChI is InChI=1S/C11H10N2O2S2/c1-2-8-5-7(10(14)15)6-9(13-8)17-11-12-3-4-16-11/h3-6H,2H2,1H3,(H,14,15). The fourth-order valence-electron chi connectivity index (χ4n) is 1.27. The fraction of sp³-hybridized carbons (Fsp3) is 0.182. The van der Waals surface area contributed by atoms with E-state index in [4.69, 9.17) is 5.11 Å². The summed E-state index contributed by atoms with van der Waals surface area (Å²) < 4.78 is 0.863. The third kappa shape index (κ3) is 3.04. The van der Waals surface area contributed by atoms with Crippen molar-refractivity contribution >= 4 is 29.1 Å². The smallest absolute Gasteiger partial charge is 0.335 e. The molecule has 0 aliphatic heterocycles. The van der Waals surface area contributed by atoms with E-state index in [1.54, 1.807) is 18.3 Å². The average molecular weight is 266 g/mol. The summed E-state index contributed by atoms with van der Waals surface area (Å²) in [6.45, 7) is 1.95. The van der Waals surface area contributed by atoms with Crippen LogP contribution >= 0.6 is 23.1 Å². The van der Waals surface area contributed by atoms with Gasteiger partial charge in [-0.2, -0.15) is 0 Å². The van der Waals surface area contributed by atoms with Gasteiger partial charge in [-0.25, -0.2) is 14.8 Å². The molecule has 2 heterocycles. The zero-order valence-corrected chi connectivity index (χ0v) is 10.7. The van der Waals surface area contributed by atoms with Gasteiger partial charge in [0.2, 0.25) is 0 Å². The van der Waals surface area contributed by atoms with Crippen LogP contribution in [0.2, 0.25) is 0 Å². The maximum Gasteiger partial charge on any atom is 0.335 e. The minimum Gasteiger partial charge on any atom is -0.478 e. The molecule has 6 heteroatoms. The molecular weight excluding hydrogens is 256 g/mol. The Morgan fingerprint density at radius 1 is 1.53 bits per heavy atom. The molecular formula is C11H10N2O2S2. The second-order valence-corrected chi connectivity index (χ2v) is 5.41. The third-order valence-electron chi connectivity index (χ3n) is 2.07. The van der Waals surface area contributed by atoms with Crippen molar-refractivity contribution < 1.29 is 9.90 Å². The minimum atomic E-state index is -0.928. The molecule has 0 aliphatic rings. The predicted octanol–water partition coefficient (Wildman–Crippen LogP) is 2.95. The number of pyridine rings is 1. The highest BCUT2D eigenvalue weighted by Gasteiger charge is 2.09. The number of hydrogen-bond donors (Lipinski definition) is 1. The van der Waals surface area contributed by atoms with Crippen molar-refractivity contribution in [3.63, 3.8) is 0 Å². The van der Waals surface area contributed by atoms with Crippen LogP contribution in [0.4, 0.5) is 0 Å². The van der Waals surface area contributed by atoms with E-state index in [-0.39, 0.29) is 5.56 Å². The summed E-state index contributed by atoms with van der Waals surface area (Å²) in [5, 5.41) is 11.6. The second kappa shape index (κ2) is 5.29. The largest absolute Gasteiger partial charge is 0.478 e. The molecule has 0 bridgehead atoms. The summed E-state index contributed by atoms with van der Waals surface area (Å²) >= 11 is 2.90. The Hall–Kier alpha value is -1.40. The molecule has 17 heavy (non-hydrogen) atoms. The molecule has 4 nitrogen and oxygen atoms in total. The molecule has 0 fully saturated rings. The van der Waals surface area contributed by atoms with E-state index in [0.29, 0.717) is 11.4 Å². The molecule has 0 amide bonds. The number of aromatic carboxylic acids is 1. The van der Waals surface area contributed by atoms with E-state index < -0.39 is 5.97 Å². The molecule has 0 spiro atoms. The molecule has 1 N–H and O–H groups in total. The Labute approximate surface area is 107 Å². The zero-order valence-electron chi connectivity index (χ0n) is 9.08. The predicted molar refractivity (Wildman–Crippen MR) is 66.8 cm³/mol. The van der Waals surface area contributed by atoms with Crippen molar-refractivity contribution in [2.45, 2.75) is 22.7 Å². The van der Waals surface area contributed by atoms with Gasteiger partial charge in [0.05, 0.1) is 5.56 Å². The number of hydrogen-bond acceptors (Lipinski definition) is 5. The van der Waals surface area contributed by atoms with Crippen LogP contribution in [0.3, 0.4) is 0 Å². The Bertz CT molecular complexity index is 526. The van der Waals surface area contributed by atoms with Crippen LogP contribution in [-0.2, 0) is 6.42 Å². The van der Waals surface area contributed by atoms with Crippen LogP contribution in [0, 0.1) is 0 Å². The average Bonchev–Trinajstić information content (AvgIpc) is 2.81. The highest BCUT2D eigenvalue weighted by molar-refractivity contribution is 8.01. The Kier molecular flexibility index (Phi) is 3.75. The van der Waals surface area contributed by atoms with E-state index in [0.717, 1.165) is 10.0 Å². The van der Waals surface area contributed by atoms with Gasteiger partial charge in [-0.15, -0.1) is 11.3 Å². The maximum absolute atomic E-state index is 11.0. The molecule has 2 rings (SSSR count). The summed E-state index contributed by atoms with van der Waals surface area (Å²) in [5.74, 6) is -0.928.